The van der Waals surface area contributed by atoms with Crippen molar-refractivity contribution in [2.75, 3.05) is 12.3 Å². The first-order valence-corrected chi connectivity index (χ1v) is 5.49. The number of nitrogens with one attached hydrogen (secondary N) is 1. The van der Waals surface area contributed by atoms with Gasteiger partial charge in [-0.25, -0.2) is 4.79 Å². The molecule has 1 heterocycles. The summed E-state index contributed by atoms with van der Waals surface area (Å²) in [4.78, 5) is 26.9. The fourth-order valence-electron chi connectivity index (χ4n) is 1.20. The number of anilines is 1. The van der Waals surface area contributed by atoms with Gasteiger partial charge in [0, 0.05) is 18.1 Å². The molecule has 18 heavy (non-hydrogen) atoms. The molecule has 0 spiro atoms. The Hall–Kier alpha value is -2.11. The van der Waals surface area contributed by atoms with Gasteiger partial charge >= 0.3 is 6.09 Å². The van der Waals surface area contributed by atoms with E-state index in [9.17, 15) is 9.59 Å². The van der Waals surface area contributed by atoms with Crippen LogP contribution in [0.2, 0.25) is 0 Å². The van der Waals surface area contributed by atoms with E-state index in [1.807, 2.05) is 0 Å². The number of nitrogens with zero attached hydrogens (tertiary/aromatic N) is 1. The Bertz CT molecular complexity index is 452. The molecular weight excluding hydrogens is 234 g/mol. The second kappa shape index (κ2) is 5.48. The smallest absolute Gasteiger partial charge is 0.408 e. The minimum absolute atomic E-state index is 0.176. The second-order valence-electron chi connectivity index (χ2n) is 4.74. The maximum Gasteiger partial charge on any atom is 0.408 e. The Labute approximate surface area is 106 Å². The summed E-state index contributed by atoms with van der Waals surface area (Å²) in [5, 5.41) is 2.37. The highest BCUT2D eigenvalue weighted by Crippen LogP contribution is 2.09. The first-order valence-electron chi connectivity index (χ1n) is 5.49. The highest BCUT2D eigenvalue weighted by molar-refractivity contribution is 6.02. The van der Waals surface area contributed by atoms with E-state index in [0.717, 1.165) is 0 Å². The van der Waals surface area contributed by atoms with Gasteiger partial charge in [-0.3, -0.25) is 9.78 Å². The Morgan fingerprint density at radius 3 is 2.67 bits per heavy atom. The molecule has 6 nitrogen and oxygen atoms in total. The first-order chi connectivity index (χ1) is 8.29. The number of aromatic nitrogens is 1. The molecular formula is C12H17N3O3. The Kier molecular flexibility index (Phi) is 4.25. The number of hydrogen-bond donors (Lipinski definition) is 2. The molecule has 1 rings (SSSR count). The molecule has 0 aliphatic carbocycles. The van der Waals surface area contributed by atoms with E-state index < -0.39 is 11.7 Å². The van der Waals surface area contributed by atoms with Crippen molar-refractivity contribution in [3.63, 3.8) is 0 Å². The number of Topliss-reactive ketones (excluding diaryl/α,β-unsaturated/α-hetero) is 1. The fraction of sp³-hybridized carbons (Fsp3) is 0.417. The summed E-state index contributed by atoms with van der Waals surface area (Å²) in [5.74, 6) is -0.313. The molecule has 0 aromatic carbocycles. The summed E-state index contributed by atoms with van der Waals surface area (Å²) in [7, 11) is 0. The first kappa shape index (κ1) is 14.0. The number of pyridine rings is 1. The van der Waals surface area contributed by atoms with Crippen LogP contribution in [0.15, 0.2) is 18.5 Å². The zero-order valence-electron chi connectivity index (χ0n) is 10.7. The molecule has 0 saturated carbocycles. The lowest BCUT2D eigenvalue weighted by Gasteiger charge is -2.19. The molecule has 0 atom stereocenters. The molecule has 0 saturated heterocycles. The Morgan fingerprint density at radius 1 is 1.44 bits per heavy atom. The van der Waals surface area contributed by atoms with Crippen molar-refractivity contribution in [2.45, 2.75) is 26.4 Å². The van der Waals surface area contributed by atoms with Crippen molar-refractivity contribution in [2.24, 2.45) is 0 Å². The zero-order valence-corrected chi connectivity index (χ0v) is 10.7. The highest BCUT2D eigenvalue weighted by Gasteiger charge is 2.17. The van der Waals surface area contributed by atoms with Crippen LogP contribution in [-0.4, -0.2) is 29.0 Å². The van der Waals surface area contributed by atoms with Crippen LogP contribution in [0.1, 0.15) is 31.1 Å². The van der Waals surface area contributed by atoms with Crippen molar-refractivity contribution in [3.8, 4) is 0 Å². The molecule has 98 valence electrons. The normalized spacial score (nSPS) is 10.8. The number of ether oxygens (including phenoxy) is 1. The van der Waals surface area contributed by atoms with Gasteiger partial charge in [0.05, 0.1) is 12.1 Å². The van der Waals surface area contributed by atoms with E-state index in [0.29, 0.717) is 5.69 Å². The Morgan fingerprint density at radius 2 is 2.11 bits per heavy atom. The van der Waals surface area contributed by atoms with E-state index in [-0.39, 0.29) is 17.9 Å². The number of amides is 1. The van der Waals surface area contributed by atoms with Gasteiger partial charge in [-0.15, -0.1) is 0 Å². The van der Waals surface area contributed by atoms with Gasteiger partial charge in [-0.05, 0) is 26.8 Å². The number of carbonyl (C=O) groups excluding carboxylic acids is 2. The SMILES string of the molecule is CC(C)(C)OC(=O)NCC(=O)c1cnccc1N. The number of hydrogen-bond acceptors (Lipinski definition) is 5. The van der Waals surface area contributed by atoms with Crippen LogP contribution in [0.3, 0.4) is 0 Å². The topological polar surface area (TPSA) is 94.3 Å². The molecule has 6 heteroatoms. The molecule has 0 fully saturated rings. The Balaban J connectivity index is 2.52. The fourth-order valence-corrected chi connectivity index (χ4v) is 1.20. The quantitative estimate of drug-likeness (QED) is 0.791. The van der Waals surface area contributed by atoms with Crippen LogP contribution in [0.25, 0.3) is 0 Å². The number of alkyl carbamates (subject to hydrolysis) is 1. The van der Waals surface area contributed by atoms with Crippen LogP contribution in [0.4, 0.5) is 10.5 Å². The van der Waals surface area contributed by atoms with Crippen LogP contribution in [-0.2, 0) is 4.74 Å². The van der Waals surface area contributed by atoms with Crippen molar-refractivity contribution < 1.29 is 14.3 Å². The summed E-state index contributed by atoms with van der Waals surface area (Å²) in [5.41, 5.74) is 5.65. The molecule has 0 bridgehead atoms. The van der Waals surface area contributed by atoms with Crippen molar-refractivity contribution >= 4 is 17.6 Å². The minimum atomic E-state index is -0.640. The van der Waals surface area contributed by atoms with E-state index in [1.54, 1.807) is 20.8 Å². The van der Waals surface area contributed by atoms with Gasteiger partial charge in [-0.1, -0.05) is 0 Å². The average molecular weight is 251 g/mol. The molecule has 0 aliphatic rings. The maximum absolute atomic E-state index is 11.7. The minimum Gasteiger partial charge on any atom is -0.444 e. The number of nitrogens with two attached hydrogens (primary N) is 1. The van der Waals surface area contributed by atoms with Crippen molar-refractivity contribution in [3.05, 3.63) is 24.0 Å². The summed E-state index contributed by atoms with van der Waals surface area (Å²) in [6.45, 7) is 5.05. The summed E-state index contributed by atoms with van der Waals surface area (Å²) >= 11 is 0. The number of rotatable bonds is 3. The van der Waals surface area contributed by atoms with Crippen LogP contribution in [0.5, 0.6) is 0 Å². The van der Waals surface area contributed by atoms with E-state index >= 15 is 0 Å². The number of ketones is 1. The average Bonchev–Trinajstić information content (AvgIpc) is 2.24. The molecule has 1 aromatic heterocycles. The van der Waals surface area contributed by atoms with E-state index in [1.165, 1.54) is 18.5 Å². The lowest BCUT2D eigenvalue weighted by atomic mass is 10.1. The van der Waals surface area contributed by atoms with Gasteiger partial charge in [0.15, 0.2) is 5.78 Å². The standard InChI is InChI=1S/C12H17N3O3/c1-12(2,3)18-11(17)15-7-10(16)8-6-14-5-4-9(8)13/h4-6H,7H2,1-3H3,(H2,13,14)(H,15,17). The van der Waals surface area contributed by atoms with Gasteiger partial charge < -0.3 is 15.8 Å². The highest BCUT2D eigenvalue weighted by atomic mass is 16.6. The summed E-state index contributed by atoms with van der Waals surface area (Å²) in [6.07, 6.45) is 2.22. The van der Waals surface area contributed by atoms with E-state index in [2.05, 4.69) is 10.3 Å². The summed E-state index contributed by atoms with van der Waals surface area (Å²) < 4.78 is 5.01. The van der Waals surface area contributed by atoms with Crippen LogP contribution in [0, 0.1) is 0 Å². The monoisotopic (exact) mass is 251 g/mol. The second-order valence-corrected chi connectivity index (χ2v) is 4.74. The largest absolute Gasteiger partial charge is 0.444 e. The third kappa shape index (κ3) is 4.40. The van der Waals surface area contributed by atoms with Gasteiger partial charge in [0.1, 0.15) is 5.60 Å². The van der Waals surface area contributed by atoms with Gasteiger partial charge in [0.25, 0.3) is 0 Å². The van der Waals surface area contributed by atoms with Crippen molar-refractivity contribution in [1.29, 1.82) is 0 Å². The lowest BCUT2D eigenvalue weighted by Crippen LogP contribution is -2.35. The number of carbonyl (C=O) groups is 2. The molecule has 0 unspecified atom stereocenters. The van der Waals surface area contributed by atoms with Crippen LogP contribution >= 0.6 is 0 Å². The lowest BCUT2D eigenvalue weighted by molar-refractivity contribution is 0.0520. The van der Waals surface area contributed by atoms with Crippen LogP contribution < -0.4 is 11.1 Å². The van der Waals surface area contributed by atoms with Gasteiger partial charge in [0.2, 0.25) is 0 Å². The summed E-state index contributed by atoms with van der Waals surface area (Å²) in [6, 6.07) is 1.53. The molecule has 0 radical (unpaired) electrons. The molecule has 3 N–H and O–H groups in total. The number of nitrogen functional groups attached to an aromatic ring is 1. The van der Waals surface area contributed by atoms with Crippen molar-refractivity contribution in [1.82, 2.24) is 10.3 Å². The zero-order chi connectivity index (χ0) is 13.8. The third-order valence-electron chi connectivity index (χ3n) is 1.95. The predicted molar refractivity (Wildman–Crippen MR) is 67.2 cm³/mol. The molecule has 1 amide bonds. The maximum atomic E-state index is 11.7. The third-order valence-corrected chi connectivity index (χ3v) is 1.95. The van der Waals surface area contributed by atoms with Gasteiger partial charge in [-0.2, -0.15) is 0 Å². The predicted octanol–water partition coefficient (Wildman–Crippen LogP) is 1.37. The van der Waals surface area contributed by atoms with E-state index in [4.69, 9.17) is 10.5 Å². The molecule has 0 aliphatic heterocycles. The molecule has 1 aromatic rings.